The Morgan fingerprint density at radius 3 is 1.10 bits per heavy atom. The van der Waals surface area contributed by atoms with E-state index in [9.17, 15) is 0 Å². The van der Waals surface area contributed by atoms with Crippen LogP contribution in [0.4, 0.5) is 0 Å². The second-order valence-electron chi connectivity index (χ2n) is 9.18. The van der Waals surface area contributed by atoms with Crippen molar-refractivity contribution in [3.05, 3.63) is 47.5 Å². The predicted octanol–water partition coefficient (Wildman–Crippen LogP) is 9.16. The summed E-state index contributed by atoms with van der Waals surface area (Å²) in [6.45, 7) is 22.4. The van der Waals surface area contributed by atoms with Crippen LogP contribution in [-0.4, -0.2) is 22.6 Å². The lowest BCUT2D eigenvalue weighted by Crippen LogP contribution is -2.10. The first-order chi connectivity index (χ1) is 14.0. The molecule has 2 nitrogen and oxygen atoms in total. The molecule has 2 aromatic carbocycles. The maximum Gasteiger partial charge on any atom is 0.134 e. The van der Waals surface area contributed by atoms with Gasteiger partial charge in [-0.15, -0.1) is 0 Å². The van der Waals surface area contributed by atoms with Crippen LogP contribution < -0.4 is 9.05 Å². The third-order valence-corrected chi connectivity index (χ3v) is 10.0. The van der Waals surface area contributed by atoms with Gasteiger partial charge < -0.3 is 9.05 Å². The molecular weight excluding hydrogens is 406 g/mol. The minimum Gasteiger partial charge on any atom is -0.473 e. The molecule has 0 bridgehead atoms. The first-order valence-corrected chi connectivity index (χ1v) is 14.0. The fourth-order valence-electron chi connectivity index (χ4n) is 3.80. The van der Waals surface area contributed by atoms with Crippen molar-refractivity contribution in [3.63, 3.8) is 0 Å². The highest BCUT2D eigenvalue weighted by Crippen LogP contribution is 2.54. The molecule has 0 spiro atoms. The number of para-hydroxylation sites is 2. The first kappa shape index (κ1) is 25.2. The largest absolute Gasteiger partial charge is 0.473 e. The Labute approximate surface area is 187 Å². The average molecular weight is 447 g/mol. The quantitative estimate of drug-likeness (QED) is 0.358. The zero-order valence-corrected chi connectivity index (χ0v) is 22.3. The van der Waals surface area contributed by atoms with Crippen LogP contribution in [-0.2, 0) is 0 Å². The maximum absolute atomic E-state index is 6.76. The van der Waals surface area contributed by atoms with E-state index in [2.05, 4.69) is 106 Å². The molecule has 0 atom stereocenters. The number of aryl methyl sites for hydroxylation is 2. The van der Waals surface area contributed by atoms with Crippen LogP contribution in [0.1, 0.15) is 66.5 Å². The van der Waals surface area contributed by atoms with E-state index in [1.165, 1.54) is 11.1 Å². The lowest BCUT2D eigenvalue weighted by atomic mass is 9.99. The summed E-state index contributed by atoms with van der Waals surface area (Å²) in [5.74, 6) is 2.03. The molecule has 4 heteroatoms. The number of benzene rings is 2. The van der Waals surface area contributed by atoms with E-state index in [0.29, 0.717) is 22.6 Å². The fraction of sp³-hybridized carbons (Fsp3) is 0.538. The van der Waals surface area contributed by atoms with Gasteiger partial charge in [-0.05, 0) is 25.0 Å². The molecule has 0 amide bonds. The van der Waals surface area contributed by atoms with E-state index in [-0.39, 0.29) is 0 Å². The first-order valence-electron chi connectivity index (χ1n) is 11.2. The van der Waals surface area contributed by atoms with Gasteiger partial charge in [-0.25, -0.2) is 0 Å². The molecule has 30 heavy (non-hydrogen) atoms. The highest BCUT2D eigenvalue weighted by molar-refractivity contribution is 7.54. The van der Waals surface area contributed by atoms with Gasteiger partial charge in [-0.3, -0.25) is 0 Å². The zero-order valence-electron chi connectivity index (χ0n) is 20.5. The Balaban J connectivity index is 2.60. The van der Waals surface area contributed by atoms with Crippen LogP contribution >= 0.6 is 16.3 Å². The van der Waals surface area contributed by atoms with Gasteiger partial charge in [0.1, 0.15) is 11.5 Å². The molecule has 0 unspecified atom stereocenters. The van der Waals surface area contributed by atoms with Crippen LogP contribution in [0, 0.1) is 13.8 Å². The fourth-order valence-corrected chi connectivity index (χ4v) is 7.93. The number of rotatable bonds is 9. The number of hydrogen-bond donors (Lipinski definition) is 0. The van der Waals surface area contributed by atoms with Gasteiger partial charge in [-0.2, -0.15) is 0 Å². The van der Waals surface area contributed by atoms with Crippen molar-refractivity contribution in [2.75, 3.05) is 0 Å². The molecule has 2 aromatic rings. The number of hydrogen-bond acceptors (Lipinski definition) is 2. The molecular formula is C26H40O2P2. The smallest absolute Gasteiger partial charge is 0.134 e. The van der Waals surface area contributed by atoms with Gasteiger partial charge in [0.05, 0.1) is 16.3 Å². The van der Waals surface area contributed by atoms with Crippen molar-refractivity contribution in [3.8, 4) is 22.6 Å². The molecule has 0 saturated carbocycles. The zero-order chi connectivity index (χ0) is 22.6. The third-order valence-electron chi connectivity index (χ3n) is 5.14. The second kappa shape index (κ2) is 11.0. The van der Waals surface area contributed by atoms with E-state index in [1.807, 2.05) is 0 Å². The lowest BCUT2D eigenvalue weighted by molar-refractivity contribution is 0.581. The van der Waals surface area contributed by atoms with E-state index >= 15 is 0 Å². The second-order valence-corrected chi connectivity index (χ2v) is 15.1. The highest BCUT2D eigenvalue weighted by atomic mass is 31.1. The summed E-state index contributed by atoms with van der Waals surface area (Å²) < 4.78 is 13.5. The molecule has 0 aliphatic carbocycles. The normalized spacial score (nSPS) is 12.1. The third kappa shape index (κ3) is 5.99. The van der Waals surface area contributed by atoms with Crippen LogP contribution in [0.5, 0.6) is 11.5 Å². The summed E-state index contributed by atoms with van der Waals surface area (Å²) in [5.41, 5.74) is 6.69. The predicted molar refractivity (Wildman–Crippen MR) is 137 cm³/mol. The van der Waals surface area contributed by atoms with Crippen molar-refractivity contribution in [1.29, 1.82) is 0 Å². The van der Waals surface area contributed by atoms with E-state index in [1.54, 1.807) is 0 Å². The molecule has 0 aliphatic heterocycles. The standard InChI is InChI=1S/C26H40O2P2/c1-17(2)29(18(3)4)27-25-21(9)13-11-15-23(25)24-16-12-14-22(10)26(24)28-30(19(5)6)20(7)8/h11-20H,1-10H3. The minimum atomic E-state index is -0.569. The monoisotopic (exact) mass is 446 g/mol. The Hall–Kier alpha value is -1.10. The van der Waals surface area contributed by atoms with Crippen LogP contribution in [0.2, 0.25) is 0 Å². The summed E-state index contributed by atoms with van der Waals surface area (Å²) in [4.78, 5) is 0. The van der Waals surface area contributed by atoms with Crippen molar-refractivity contribution in [2.45, 2.75) is 91.9 Å². The van der Waals surface area contributed by atoms with Gasteiger partial charge in [0, 0.05) is 33.8 Å². The van der Waals surface area contributed by atoms with Crippen LogP contribution in [0.15, 0.2) is 36.4 Å². The molecule has 0 radical (unpaired) electrons. The minimum absolute atomic E-state index is 0.510. The molecule has 166 valence electrons. The van der Waals surface area contributed by atoms with Gasteiger partial charge in [0.15, 0.2) is 0 Å². The Kier molecular flexibility index (Phi) is 9.20. The molecule has 0 aromatic heterocycles. The molecule has 0 aliphatic rings. The van der Waals surface area contributed by atoms with Crippen molar-refractivity contribution in [2.24, 2.45) is 0 Å². The Bertz CT molecular complexity index is 742. The summed E-state index contributed by atoms with van der Waals surface area (Å²) in [7, 11) is -1.14. The van der Waals surface area contributed by atoms with Gasteiger partial charge >= 0.3 is 0 Å². The molecule has 0 N–H and O–H groups in total. The summed E-state index contributed by atoms with van der Waals surface area (Å²) in [6.07, 6.45) is 0. The topological polar surface area (TPSA) is 18.5 Å². The molecule has 0 saturated heterocycles. The lowest BCUT2D eigenvalue weighted by Gasteiger charge is -2.30. The Morgan fingerprint density at radius 1 is 0.533 bits per heavy atom. The van der Waals surface area contributed by atoms with E-state index in [0.717, 1.165) is 22.6 Å². The summed E-state index contributed by atoms with van der Waals surface area (Å²) in [5, 5.41) is 0. The van der Waals surface area contributed by atoms with Crippen molar-refractivity contribution in [1.82, 2.24) is 0 Å². The molecule has 0 heterocycles. The molecule has 2 rings (SSSR count). The van der Waals surface area contributed by atoms with Crippen molar-refractivity contribution >= 4 is 16.3 Å². The SMILES string of the molecule is Cc1cccc(-c2cccc(C)c2OP(C(C)C)C(C)C)c1OP(C(C)C)C(C)C. The van der Waals surface area contributed by atoms with Gasteiger partial charge in [-0.1, -0.05) is 91.8 Å². The maximum atomic E-state index is 6.76. The average Bonchev–Trinajstić information content (AvgIpc) is 2.64. The van der Waals surface area contributed by atoms with Crippen LogP contribution in [0.3, 0.4) is 0 Å². The van der Waals surface area contributed by atoms with Gasteiger partial charge in [0.2, 0.25) is 0 Å². The van der Waals surface area contributed by atoms with Gasteiger partial charge in [0.25, 0.3) is 0 Å². The molecule has 0 fully saturated rings. The Morgan fingerprint density at radius 2 is 0.833 bits per heavy atom. The van der Waals surface area contributed by atoms with E-state index < -0.39 is 16.3 Å². The van der Waals surface area contributed by atoms with Crippen LogP contribution in [0.25, 0.3) is 11.1 Å². The van der Waals surface area contributed by atoms with E-state index in [4.69, 9.17) is 9.05 Å². The summed E-state index contributed by atoms with van der Waals surface area (Å²) in [6, 6.07) is 12.9. The van der Waals surface area contributed by atoms with Crippen molar-refractivity contribution < 1.29 is 9.05 Å². The summed E-state index contributed by atoms with van der Waals surface area (Å²) >= 11 is 0. The highest BCUT2D eigenvalue weighted by Gasteiger charge is 2.26.